The van der Waals surface area contributed by atoms with Crippen molar-refractivity contribution in [3.8, 4) is 6.07 Å². The van der Waals surface area contributed by atoms with E-state index in [1.807, 2.05) is 0 Å². The lowest BCUT2D eigenvalue weighted by molar-refractivity contribution is -0.0226. The smallest absolute Gasteiger partial charge is 0.322 e. The highest BCUT2D eigenvalue weighted by Gasteiger charge is 2.43. The first-order chi connectivity index (χ1) is 14.3. The number of nitriles is 1. The number of amides is 2. The third kappa shape index (κ3) is 3.61. The third-order valence-corrected chi connectivity index (χ3v) is 5.63. The number of aromatic nitrogens is 2. The van der Waals surface area contributed by atoms with Crippen molar-refractivity contribution in [2.75, 3.05) is 18.5 Å². The van der Waals surface area contributed by atoms with Crippen molar-refractivity contribution in [3.05, 3.63) is 46.5 Å². The van der Waals surface area contributed by atoms with Crippen LogP contribution in [0, 0.1) is 23.1 Å². The van der Waals surface area contributed by atoms with Gasteiger partial charge in [-0.25, -0.2) is 9.18 Å². The fraction of sp³-hybridized carbons (Fsp3) is 0.450. The Bertz CT molecular complexity index is 1030. The quantitative estimate of drug-likeness (QED) is 0.783. The molecular formula is C20H20F3N5O2. The van der Waals surface area contributed by atoms with Crippen LogP contribution in [-0.4, -0.2) is 39.0 Å². The number of rotatable bonds is 2. The molecule has 0 fully saturated rings. The van der Waals surface area contributed by atoms with Crippen LogP contribution in [0.5, 0.6) is 0 Å². The largest absolute Gasteiger partial charge is 0.396 e. The zero-order valence-electron chi connectivity index (χ0n) is 16.0. The molecule has 0 saturated carbocycles. The van der Waals surface area contributed by atoms with Gasteiger partial charge in [0.2, 0.25) is 0 Å². The monoisotopic (exact) mass is 419 g/mol. The van der Waals surface area contributed by atoms with E-state index in [1.165, 1.54) is 21.7 Å². The highest BCUT2D eigenvalue weighted by atomic mass is 19.3. The van der Waals surface area contributed by atoms with Crippen LogP contribution in [0.25, 0.3) is 0 Å². The van der Waals surface area contributed by atoms with Gasteiger partial charge in [-0.05, 0) is 24.6 Å². The zero-order valence-corrected chi connectivity index (χ0v) is 16.0. The van der Waals surface area contributed by atoms with Crippen LogP contribution in [0.15, 0.2) is 18.2 Å². The van der Waals surface area contributed by atoms with Gasteiger partial charge in [-0.3, -0.25) is 4.68 Å². The molecule has 0 aliphatic carbocycles. The Morgan fingerprint density at radius 3 is 2.97 bits per heavy atom. The van der Waals surface area contributed by atoms with Gasteiger partial charge in [0.25, 0.3) is 5.92 Å². The molecule has 0 spiro atoms. The minimum Gasteiger partial charge on any atom is -0.396 e. The number of halogens is 3. The molecule has 1 atom stereocenters. The molecule has 2 aliphatic rings. The number of nitrogens with one attached hydrogen (secondary N) is 1. The number of alkyl halides is 2. The van der Waals surface area contributed by atoms with Crippen LogP contribution in [0.1, 0.15) is 35.4 Å². The van der Waals surface area contributed by atoms with E-state index in [-0.39, 0.29) is 61.9 Å². The van der Waals surface area contributed by atoms with Gasteiger partial charge in [0.15, 0.2) is 0 Å². The van der Waals surface area contributed by atoms with Gasteiger partial charge in [0, 0.05) is 49.7 Å². The second-order valence-corrected chi connectivity index (χ2v) is 7.66. The summed E-state index contributed by atoms with van der Waals surface area (Å²) in [5.74, 6) is -4.07. The number of aliphatic hydroxyl groups is 1. The number of urea groups is 1. The van der Waals surface area contributed by atoms with Crippen LogP contribution >= 0.6 is 0 Å². The van der Waals surface area contributed by atoms with E-state index in [0.717, 1.165) is 6.07 Å². The molecule has 30 heavy (non-hydrogen) atoms. The Labute approximate surface area is 170 Å². The summed E-state index contributed by atoms with van der Waals surface area (Å²) >= 11 is 0. The van der Waals surface area contributed by atoms with Crippen molar-refractivity contribution in [1.82, 2.24) is 14.7 Å². The molecule has 0 saturated heterocycles. The van der Waals surface area contributed by atoms with E-state index in [2.05, 4.69) is 10.4 Å². The lowest BCUT2D eigenvalue weighted by Crippen LogP contribution is -2.39. The Balaban J connectivity index is 1.57. The Morgan fingerprint density at radius 1 is 1.43 bits per heavy atom. The van der Waals surface area contributed by atoms with E-state index in [9.17, 15) is 23.1 Å². The van der Waals surface area contributed by atoms with Crippen LogP contribution in [0.2, 0.25) is 0 Å². The topological polar surface area (TPSA) is 94.2 Å². The van der Waals surface area contributed by atoms with Gasteiger partial charge in [-0.1, -0.05) is 0 Å². The maximum atomic E-state index is 14.9. The Hall–Kier alpha value is -3.06. The number of nitrogens with zero attached hydrogens (tertiary/aromatic N) is 4. The Kier molecular flexibility index (Phi) is 5.15. The first-order valence-electron chi connectivity index (χ1n) is 9.65. The lowest BCUT2D eigenvalue weighted by atomic mass is 9.98. The number of aliphatic hydroxyl groups excluding tert-OH is 1. The lowest BCUT2D eigenvalue weighted by Gasteiger charge is -2.28. The summed E-state index contributed by atoms with van der Waals surface area (Å²) in [7, 11) is 0. The first kappa shape index (κ1) is 20.2. The van der Waals surface area contributed by atoms with Crippen molar-refractivity contribution in [3.63, 3.8) is 0 Å². The van der Waals surface area contributed by atoms with E-state index in [4.69, 9.17) is 5.26 Å². The van der Waals surface area contributed by atoms with E-state index >= 15 is 0 Å². The van der Waals surface area contributed by atoms with Crippen LogP contribution in [-0.2, 0) is 25.4 Å². The van der Waals surface area contributed by atoms with Crippen LogP contribution in [0.4, 0.5) is 23.7 Å². The molecule has 2 amide bonds. The number of fused-ring (bicyclic) bond motifs is 3. The van der Waals surface area contributed by atoms with E-state index in [0.29, 0.717) is 17.7 Å². The van der Waals surface area contributed by atoms with E-state index in [1.54, 1.807) is 6.07 Å². The second kappa shape index (κ2) is 7.65. The molecular weight excluding hydrogens is 399 g/mol. The fourth-order valence-corrected chi connectivity index (χ4v) is 4.02. The molecule has 1 aromatic carbocycles. The zero-order chi connectivity index (χ0) is 21.5. The van der Waals surface area contributed by atoms with Gasteiger partial charge in [0.05, 0.1) is 17.8 Å². The van der Waals surface area contributed by atoms with E-state index < -0.39 is 17.8 Å². The SMILES string of the molecule is N#Cc1cc(NC(=O)N2CCc3nn4c(c3C2)C(F)(F)CCC(CO)C4)ccc1F. The fourth-order valence-electron chi connectivity index (χ4n) is 4.02. The second-order valence-electron chi connectivity index (χ2n) is 7.66. The standard InChI is InChI=1S/C20H20F3N5O2/c21-16-2-1-14(7-13(16)8-24)25-19(30)27-6-4-17-15(10-27)18-20(22,23)5-3-12(11-29)9-28(18)26-17/h1-2,7,12,29H,3-6,9-11H2,(H,25,30). The molecule has 4 rings (SSSR count). The van der Waals surface area contributed by atoms with Crippen molar-refractivity contribution >= 4 is 11.7 Å². The molecule has 1 unspecified atom stereocenters. The van der Waals surface area contributed by atoms with Crippen molar-refractivity contribution in [2.45, 2.75) is 38.3 Å². The summed E-state index contributed by atoms with van der Waals surface area (Å²) in [5.41, 5.74) is 0.750. The number of benzene rings is 1. The number of hydrogen-bond donors (Lipinski definition) is 2. The van der Waals surface area contributed by atoms with Crippen molar-refractivity contribution in [2.24, 2.45) is 5.92 Å². The molecule has 0 radical (unpaired) electrons. The van der Waals surface area contributed by atoms with Crippen LogP contribution < -0.4 is 5.32 Å². The number of hydrogen-bond acceptors (Lipinski definition) is 4. The maximum absolute atomic E-state index is 14.9. The molecule has 2 aliphatic heterocycles. The molecule has 7 nitrogen and oxygen atoms in total. The highest BCUT2D eigenvalue weighted by Crippen LogP contribution is 2.41. The summed E-state index contributed by atoms with van der Waals surface area (Å²) < 4.78 is 44.5. The van der Waals surface area contributed by atoms with Crippen molar-refractivity contribution < 1.29 is 23.1 Å². The van der Waals surface area contributed by atoms with Gasteiger partial charge in [0.1, 0.15) is 17.6 Å². The van der Waals surface area contributed by atoms with Gasteiger partial charge in [-0.15, -0.1) is 0 Å². The first-order valence-corrected chi connectivity index (χ1v) is 9.65. The molecule has 2 aromatic rings. The predicted octanol–water partition coefficient (Wildman–Crippen LogP) is 2.98. The Morgan fingerprint density at radius 2 is 2.23 bits per heavy atom. The highest BCUT2D eigenvalue weighted by molar-refractivity contribution is 5.89. The van der Waals surface area contributed by atoms with Gasteiger partial charge >= 0.3 is 6.03 Å². The predicted molar refractivity (Wildman–Crippen MR) is 100 cm³/mol. The average molecular weight is 419 g/mol. The normalized spacial score (nSPS) is 20.0. The third-order valence-electron chi connectivity index (χ3n) is 5.63. The molecule has 0 bridgehead atoms. The molecule has 2 N–H and O–H groups in total. The molecule has 10 heteroatoms. The number of carbonyl (C=O) groups excluding carboxylic acids is 1. The van der Waals surface area contributed by atoms with Crippen molar-refractivity contribution in [1.29, 1.82) is 5.26 Å². The minimum absolute atomic E-state index is 0.0256. The summed E-state index contributed by atoms with van der Waals surface area (Å²) in [4.78, 5) is 14.1. The molecule has 1 aromatic heterocycles. The summed E-state index contributed by atoms with van der Waals surface area (Å²) in [6.07, 6.45) is 0.141. The van der Waals surface area contributed by atoms with Gasteiger partial charge < -0.3 is 15.3 Å². The molecule has 158 valence electrons. The summed E-state index contributed by atoms with van der Waals surface area (Å²) in [6.45, 7) is 0.294. The summed E-state index contributed by atoms with van der Waals surface area (Å²) in [6, 6.07) is 4.81. The number of anilines is 1. The van der Waals surface area contributed by atoms with Crippen LogP contribution in [0.3, 0.4) is 0 Å². The molecule has 3 heterocycles. The van der Waals surface area contributed by atoms with Gasteiger partial charge in [-0.2, -0.15) is 19.1 Å². The average Bonchev–Trinajstić information content (AvgIpc) is 3.04. The number of carbonyl (C=O) groups is 1. The summed E-state index contributed by atoms with van der Waals surface area (Å²) in [5, 5.41) is 25.3. The maximum Gasteiger partial charge on any atom is 0.322 e. The minimum atomic E-state index is -3.09.